The zero-order valence-corrected chi connectivity index (χ0v) is 22.4. The van der Waals surface area contributed by atoms with Gasteiger partial charge >= 0.3 is 23.9 Å². The Bertz CT molecular complexity index is 703. The number of hydrogen-bond donors (Lipinski definition) is 0. The lowest BCUT2D eigenvalue weighted by atomic mass is 9.87. The maximum absolute atomic E-state index is 11.3. The molecule has 0 aromatic heterocycles. The van der Waals surface area contributed by atoms with Crippen molar-refractivity contribution in [2.45, 2.75) is 12.8 Å². The highest BCUT2D eigenvalue weighted by molar-refractivity contribution is 5.82. The molecule has 0 N–H and O–H groups in total. The van der Waals surface area contributed by atoms with E-state index in [1.165, 1.54) is 0 Å². The predicted octanol–water partition coefficient (Wildman–Crippen LogP) is 1.74. The van der Waals surface area contributed by atoms with Crippen LogP contribution in [0.4, 0.5) is 0 Å². The molecule has 0 aliphatic heterocycles. The molecule has 0 aromatic carbocycles. The summed E-state index contributed by atoms with van der Waals surface area (Å²) in [5, 5.41) is 0. The van der Waals surface area contributed by atoms with Crippen LogP contribution in [0.2, 0.25) is 0 Å². The Morgan fingerprint density at radius 2 is 0.821 bits per heavy atom. The van der Waals surface area contributed by atoms with E-state index < -0.39 is 29.3 Å². The Morgan fingerprint density at radius 1 is 0.462 bits per heavy atom. The summed E-state index contributed by atoms with van der Waals surface area (Å²) in [5.74, 6) is -2.19. The van der Waals surface area contributed by atoms with Gasteiger partial charge in [0.1, 0.15) is 19.8 Å². The zero-order valence-electron chi connectivity index (χ0n) is 22.4. The second-order valence-electron chi connectivity index (χ2n) is 7.86. The van der Waals surface area contributed by atoms with E-state index in [1.807, 2.05) is 0 Å². The summed E-state index contributed by atoms with van der Waals surface area (Å²) in [5.41, 5.74) is -0.720. The highest BCUT2D eigenvalue weighted by atomic mass is 16.6. The summed E-state index contributed by atoms with van der Waals surface area (Å²) in [4.78, 5) is 44.9. The molecule has 0 bridgehead atoms. The van der Waals surface area contributed by atoms with Crippen LogP contribution >= 0.6 is 0 Å². The van der Waals surface area contributed by atoms with Crippen LogP contribution in [0.15, 0.2) is 50.6 Å². The van der Waals surface area contributed by atoms with Crippen LogP contribution < -0.4 is 0 Å². The molecule has 0 spiro atoms. The fourth-order valence-corrected chi connectivity index (χ4v) is 2.77. The van der Waals surface area contributed by atoms with Gasteiger partial charge in [0.05, 0.1) is 46.2 Å². The van der Waals surface area contributed by atoms with E-state index in [0.29, 0.717) is 26.1 Å². The normalized spacial score (nSPS) is 10.7. The average Bonchev–Trinajstić information content (AvgIpc) is 2.95. The van der Waals surface area contributed by atoms with Crippen molar-refractivity contribution < 1.29 is 57.1 Å². The van der Waals surface area contributed by atoms with Crippen molar-refractivity contribution in [2.24, 2.45) is 5.41 Å². The van der Waals surface area contributed by atoms with Gasteiger partial charge in [0.25, 0.3) is 0 Å². The second kappa shape index (κ2) is 23.8. The summed E-state index contributed by atoms with van der Waals surface area (Å²) >= 11 is 0. The molecule has 12 nitrogen and oxygen atoms in total. The SMILES string of the molecule is C=CC(=O)OCCCOCCC(COCCOC(=O)C=C)(COCCOC(=O)C=C)COCCOC(=O)C=C. The molecule has 0 unspecified atom stereocenters. The van der Waals surface area contributed by atoms with Crippen LogP contribution in [0.5, 0.6) is 0 Å². The Kier molecular flexibility index (Phi) is 21.7. The molecule has 39 heavy (non-hydrogen) atoms. The predicted molar refractivity (Wildman–Crippen MR) is 140 cm³/mol. The lowest BCUT2D eigenvalue weighted by Crippen LogP contribution is -2.39. The minimum atomic E-state index is -0.720. The van der Waals surface area contributed by atoms with Crippen molar-refractivity contribution in [2.75, 3.05) is 79.3 Å². The number of hydrogen-bond acceptors (Lipinski definition) is 12. The minimum Gasteiger partial charge on any atom is -0.462 e. The Balaban J connectivity index is 5.07. The van der Waals surface area contributed by atoms with Gasteiger partial charge in [-0.2, -0.15) is 0 Å². The summed E-state index contributed by atoms with van der Waals surface area (Å²) in [6.45, 7) is 15.1. The highest BCUT2D eigenvalue weighted by Crippen LogP contribution is 2.25. The van der Waals surface area contributed by atoms with E-state index in [-0.39, 0.29) is 66.1 Å². The molecule has 0 atom stereocenters. The smallest absolute Gasteiger partial charge is 0.330 e. The van der Waals surface area contributed by atoms with E-state index in [4.69, 9.17) is 37.9 Å². The molecule has 0 fully saturated rings. The molecule has 0 rings (SSSR count). The van der Waals surface area contributed by atoms with Gasteiger partial charge in [0.2, 0.25) is 0 Å². The first-order valence-electron chi connectivity index (χ1n) is 12.3. The van der Waals surface area contributed by atoms with Crippen molar-refractivity contribution in [3.05, 3.63) is 50.6 Å². The number of carbonyl (C=O) groups excluding carboxylic acids is 4. The van der Waals surface area contributed by atoms with Crippen LogP contribution in [-0.4, -0.2) is 103 Å². The van der Waals surface area contributed by atoms with Crippen molar-refractivity contribution in [3.8, 4) is 0 Å². The fourth-order valence-electron chi connectivity index (χ4n) is 2.77. The average molecular weight is 557 g/mol. The molecule has 12 heteroatoms. The topological polar surface area (TPSA) is 142 Å². The van der Waals surface area contributed by atoms with Crippen molar-refractivity contribution in [1.29, 1.82) is 0 Å². The van der Waals surface area contributed by atoms with E-state index in [2.05, 4.69) is 26.3 Å². The maximum Gasteiger partial charge on any atom is 0.330 e. The van der Waals surface area contributed by atoms with E-state index >= 15 is 0 Å². The van der Waals surface area contributed by atoms with Gasteiger partial charge in [-0.05, 0) is 6.42 Å². The van der Waals surface area contributed by atoms with Crippen LogP contribution in [0.1, 0.15) is 12.8 Å². The number of esters is 4. The largest absolute Gasteiger partial charge is 0.462 e. The standard InChI is InChI=1S/C27H40O12/c1-5-23(28)36-12-9-11-32-13-10-27(20-33-14-17-37-24(29)6-2,21-34-15-18-38-25(30)7-3)22-35-16-19-39-26(31)8-4/h5-8H,1-4,9-22H2. The monoisotopic (exact) mass is 556 g/mol. The molecule has 0 radical (unpaired) electrons. The Hall–Kier alpha value is -3.32. The first-order valence-corrected chi connectivity index (χ1v) is 12.3. The first-order chi connectivity index (χ1) is 18.8. The molecular weight excluding hydrogens is 516 g/mol. The summed E-state index contributed by atoms with van der Waals surface area (Å²) in [7, 11) is 0. The molecule has 0 aliphatic rings. The van der Waals surface area contributed by atoms with Gasteiger partial charge in [0, 0.05) is 49.4 Å². The van der Waals surface area contributed by atoms with Gasteiger partial charge in [-0.25, -0.2) is 19.2 Å². The molecule has 0 saturated heterocycles. The molecule has 0 heterocycles. The van der Waals surface area contributed by atoms with E-state index in [0.717, 1.165) is 24.3 Å². The Labute approximate surface area is 229 Å². The lowest BCUT2D eigenvalue weighted by molar-refractivity contribution is -0.142. The van der Waals surface area contributed by atoms with Gasteiger partial charge in [-0.1, -0.05) is 26.3 Å². The van der Waals surface area contributed by atoms with Gasteiger partial charge < -0.3 is 37.9 Å². The molecule has 0 aliphatic carbocycles. The third-order valence-corrected chi connectivity index (χ3v) is 4.76. The third kappa shape index (κ3) is 20.3. The van der Waals surface area contributed by atoms with Crippen molar-refractivity contribution in [1.82, 2.24) is 0 Å². The maximum atomic E-state index is 11.3. The molecule has 0 amide bonds. The first kappa shape index (κ1) is 35.7. The molecule has 0 aromatic rings. The summed E-state index contributed by atoms with van der Waals surface area (Å²) in [6, 6.07) is 0. The van der Waals surface area contributed by atoms with Crippen molar-refractivity contribution in [3.63, 3.8) is 0 Å². The van der Waals surface area contributed by atoms with Crippen LogP contribution in [0.3, 0.4) is 0 Å². The quantitative estimate of drug-likeness (QED) is 0.0663. The number of ether oxygens (including phenoxy) is 8. The Morgan fingerprint density at radius 3 is 1.18 bits per heavy atom. The van der Waals surface area contributed by atoms with Crippen LogP contribution in [-0.2, 0) is 57.1 Å². The lowest BCUT2D eigenvalue weighted by Gasteiger charge is -2.33. The minimum absolute atomic E-state index is 0.0254. The van der Waals surface area contributed by atoms with Crippen molar-refractivity contribution >= 4 is 23.9 Å². The van der Waals surface area contributed by atoms with Crippen LogP contribution in [0, 0.1) is 5.41 Å². The van der Waals surface area contributed by atoms with Gasteiger partial charge in [-0.15, -0.1) is 0 Å². The number of carbonyl (C=O) groups is 4. The summed E-state index contributed by atoms with van der Waals surface area (Å²) < 4.78 is 42.7. The molecule has 0 saturated carbocycles. The summed E-state index contributed by atoms with van der Waals surface area (Å²) in [6.07, 6.45) is 5.18. The van der Waals surface area contributed by atoms with Gasteiger partial charge in [-0.3, -0.25) is 0 Å². The van der Waals surface area contributed by atoms with E-state index in [9.17, 15) is 19.2 Å². The molecule has 220 valence electrons. The van der Waals surface area contributed by atoms with Crippen LogP contribution in [0.25, 0.3) is 0 Å². The highest BCUT2D eigenvalue weighted by Gasteiger charge is 2.32. The number of rotatable bonds is 26. The van der Waals surface area contributed by atoms with Gasteiger partial charge in [0.15, 0.2) is 0 Å². The fraction of sp³-hybridized carbons (Fsp3) is 0.556. The third-order valence-electron chi connectivity index (χ3n) is 4.76. The second-order valence-corrected chi connectivity index (χ2v) is 7.86. The molecular formula is C27H40O12. The zero-order chi connectivity index (χ0) is 29.2. The van der Waals surface area contributed by atoms with E-state index in [1.54, 1.807) is 0 Å².